The smallest absolute Gasteiger partial charge is 0.223 e. The van der Waals surface area contributed by atoms with Crippen molar-refractivity contribution < 1.29 is 9.21 Å². The van der Waals surface area contributed by atoms with Gasteiger partial charge >= 0.3 is 0 Å². The molecule has 1 aromatic heterocycles. The summed E-state index contributed by atoms with van der Waals surface area (Å²) < 4.78 is 5.76. The maximum atomic E-state index is 12.5. The van der Waals surface area contributed by atoms with Crippen LogP contribution in [0.2, 0.25) is 5.02 Å². The van der Waals surface area contributed by atoms with Gasteiger partial charge in [-0.1, -0.05) is 54.1 Å². The van der Waals surface area contributed by atoms with E-state index in [4.69, 9.17) is 16.0 Å². The molecule has 0 unspecified atom stereocenters. The number of hydrogen-bond acceptors (Lipinski definition) is 3. The minimum atomic E-state index is 0.0203. The molecule has 4 nitrogen and oxygen atoms in total. The monoisotopic (exact) mass is 368 g/mol. The summed E-state index contributed by atoms with van der Waals surface area (Å²) in [6.07, 6.45) is 2.45. The second-order valence-electron chi connectivity index (χ2n) is 6.19. The zero-order chi connectivity index (χ0) is 18.5. The van der Waals surface area contributed by atoms with Crippen LogP contribution in [0.15, 0.2) is 65.2 Å². The minimum absolute atomic E-state index is 0.0203. The van der Waals surface area contributed by atoms with Crippen molar-refractivity contribution in [3.8, 4) is 11.3 Å². The second kappa shape index (κ2) is 8.19. The van der Waals surface area contributed by atoms with E-state index in [1.165, 1.54) is 0 Å². The van der Waals surface area contributed by atoms with Gasteiger partial charge in [0, 0.05) is 25.5 Å². The zero-order valence-electron chi connectivity index (χ0n) is 14.9. The number of carbonyl (C=O) groups is 1. The Hall–Kier alpha value is -2.59. The van der Waals surface area contributed by atoms with Crippen LogP contribution in [0.25, 0.3) is 11.3 Å². The Morgan fingerprint density at radius 1 is 1.15 bits per heavy atom. The third-order valence-corrected chi connectivity index (χ3v) is 4.83. The lowest BCUT2D eigenvalue weighted by molar-refractivity contribution is -0.131. The van der Waals surface area contributed by atoms with Crippen LogP contribution in [-0.2, 0) is 11.2 Å². The van der Waals surface area contributed by atoms with E-state index in [0.717, 1.165) is 11.1 Å². The van der Waals surface area contributed by atoms with Gasteiger partial charge in [0.25, 0.3) is 0 Å². The Labute approximate surface area is 158 Å². The molecule has 0 saturated carbocycles. The van der Waals surface area contributed by atoms with Gasteiger partial charge in [-0.05, 0) is 24.6 Å². The van der Waals surface area contributed by atoms with E-state index in [-0.39, 0.29) is 11.9 Å². The molecule has 1 atom stereocenters. The Morgan fingerprint density at radius 3 is 2.58 bits per heavy atom. The summed E-state index contributed by atoms with van der Waals surface area (Å²) in [6, 6.07) is 17.5. The maximum absolute atomic E-state index is 12.5. The molecule has 2 aromatic carbocycles. The van der Waals surface area contributed by atoms with Crippen molar-refractivity contribution in [3.05, 3.63) is 77.3 Å². The number of halogens is 1. The highest BCUT2D eigenvalue weighted by Gasteiger charge is 2.18. The lowest BCUT2D eigenvalue weighted by Gasteiger charge is -2.25. The van der Waals surface area contributed by atoms with Crippen molar-refractivity contribution in [1.82, 2.24) is 9.88 Å². The van der Waals surface area contributed by atoms with Gasteiger partial charge in [-0.15, -0.1) is 0 Å². The fourth-order valence-corrected chi connectivity index (χ4v) is 3.00. The third kappa shape index (κ3) is 4.14. The fourth-order valence-electron chi connectivity index (χ4n) is 2.77. The van der Waals surface area contributed by atoms with Crippen LogP contribution in [0.3, 0.4) is 0 Å². The molecule has 3 rings (SSSR count). The molecule has 0 aliphatic rings. The number of amides is 1. The van der Waals surface area contributed by atoms with Crippen LogP contribution in [0, 0.1) is 0 Å². The molecule has 3 aromatic rings. The summed E-state index contributed by atoms with van der Waals surface area (Å²) in [7, 11) is 1.82. The molecule has 1 amide bonds. The van der Waals surface area contributed by atoms with Crippen LogP contribution >= 0.6 is 11.6 Å². The average molecular weight is 369 g/mol. The van der Waals surface area contributed by atoms with E-state index in [1.807, 2.05) is 68.6 Å². The first-order valence-electron chi connectivity index (χ1n) is 8.56. The van der Waals surface area contributed by atoms with Crippen molar-refractivity contribution >= 4 is 17.5 Å². The van der Waals surface area contributed by atoms with Crippen molar-refractivity contribution in [2.75, 3.05) is 7.05 Å². The lowest BCUT2D eigenvalue weighted by atomic mass is 10.1. The number of hydrogen-bond donors (Lipinski definition) is 0. The summed E-state index contributed by atoms with van der Waals surface area (Å²) in [5, 5.41) is 0.614. The number of aromatic nitrogens is 1. The maximum Gasteiger partial charge on any atom is 0.223 e. The Bertz CT molecular complexity index is 876. The number of benzene rings is 2. The standard InChI is InChI=1S/C21H21ClN2O2/c1-15(16-8-4-3-5-9-16)24(2)21(25)13-12-20-23-14-19(26-20)17-10-6-7-11-18(17)22/h3-11,14-15H,12-13H2,1-2H3/t15-/m1/s1. The van der Waals surface area contributed by atoms with Crippen LogP contribution in [0.5, 0.6) is 0 Å². The van der Waals surface area contributed by atoms with Gasteiger partial charge in [0.15, 0.2) is 11.7 Å². The highest BCUT2D eigenvalue weighted by atomic mass is 35.5. The summed E-state index contributed by atoms with van der Waals surface area (Å²) >= 11 is 6.18. The molecule has 0 fully saturated rings. The Kier molecular flexibility index (Phi) is 5.74. The average Bonchev–Trinajstić information content (AvgIpc) is 3.14. The molecule has 1 heterocycles. The van der Waals surface area contributed by atoms with Crippen molar-refractivity contribution in [2.24, 2.45) is 0 Å². The van der Waals surface area contributed by atoms with Crippen LogP contribution in [-0.4, -0.2) is 22.8 Å². The highest BCUT2D eigenvalue weighted by molar-refractivity contribution is 6.33. The number of nitrogens with zero attached hydrogens (tertiary/aromatic N) is 2. The highest BCUT2D eigenvalue weighted by Crippen LogP contribution is 2.28. The van der Waals surface area contributed by atoms with Crippen molar-refractivity contribution in [2.45, 2.75) is 25.8 Å². The topological polar surface area (TPSA) is 46.3 Å². The minimum Gasteiger partial charge on any atom is -0.441 e. The molecule has 0 bridgehead atoms. The SMILES string of the molecule is C[C@H](c1ccccc1)N(C)C(=O)CCc1ncc(-c2ccccc2Cl)o1. The molecule has 134 valence electrons. The molecule has 0 saturated heterocycles. The van der Waals surface area contributed by atoms with E-state index in [2.05, 4.69) is 4.98 Å². The van der Waals surface area contributed by atoms with Crippen LogP contribution < -0.4 is 0 Å². The molecule has 0 radical (unpaired) electrons. The predicted octanol–water partition coefficient (Wildman–Crippen LogP) is 5.15. The number of oxazole rings is 1. The predicted molar refractivity (Wildman–Crippen MR) is 103 cm³/mol. The fraction of sp³-hybridized carbons (Fsp3) is 0.238. The quantitative estimate of drug-likeness (QED) is 0.604. The van der Waals surface area contributed by atoms with Gasteiger partial charge in [0.2, 0.25) is 5.91 Å². The lowest BCUT2D eigenvalue weighted by Crippen LogP contribution is -2.29. The van der Waals surface area contributed by atoms with Crippen molar-refractivity contribution in [1.29, 1.82) is 0 Å². The molecule has 5 heteroatoms. The van der Waals surface area contributed by atoms with E-state index in [1.54, 1.807) is 11.1 Å². The number of rotatable bonds is 6. The summed E-state index contributed by atoms with van der Waals surface area (Å²) in [4.78, 5) is 18.5. The molecule has 0 spiro atoms. The first-order valence-corrected chi connectivity index (χ1v) is 8.94. The molecule has 0 aliphatic carbocycles. The zero-order valence-corrected chi connectivity index (χ0v) is 15.6. The number of aryl methyl sites for hydroxylation is 1. The van der Waals surface area contributed by atoms with Gasteiger partial charge < -0.3 is 9.32 Å². The van der Waals surface area contributed by atoms with Gasteiger partial charge in [0.05, 0.1) is 17.3 Å². The second-order valence-corrected chi connectivity index (χ2v) is 6.60. The normalized spacial score (nSPS) is 12.0. The summed E-state index contributed by atoms with van der Waals surface area (Å²) in [6.45, 7) is 2.02. The molecule has 0 aliphatic heterocycles. The van der Waals surface area contributed by atoms with Crippen LogP contribution in [0.1, 0.15) is 30.8 Å². The van der Waals surface area contributed by atoms with E-state index in [9.17, 15) is 4.79 Å². The largest absolute Gasteiger partial charge is 0.441 e. The number of carbonyl (C=O) groups excluding carboxylic acids is 1. The Balaban J connectivity index is 1.61. The van der Waals surface area contributed by atoms with Crippen molar-refractivity contribution in [3.63, 3.8) is 0 Å². The van der Waals surface area contributed by atoms with Gasteiger partial charge in [-0.2, -0.15) is 0 Å². The summed E-state index contributed by atoms with van der Waals surface area (Å²) in [5.41, 5.74) is 1.91. The molecule has 26 heavy (non-hydrogen) atoms. The molecule has 0 N–H and O–H groups in total. The van der Waals surface area contributed by atoms with Gasteiger partial charge in [0.1, 0.15) is 0 Å². The van der Waals surface area contributed by atoms with Crippen LogP contribution in [0.4, 0.5) is 0 Å². The Morgan fingerprint density at radius 2 is 1.85 bits per heavy atom. The van der Waals surface area contributed by atoms with Gasteiger partial charge in [-0.3, -0.25) is 4.79 Å². The molecular formula is C21H21ClN2O2. The molecular weight excluding hydrogens is 348 g/mol. The van der Waals surface area contributed by atoms with E-state index in [0.29, 0.717) is 29.5 Å². The first kappa shape index (κ1) is 18.2. The third-order valence-electron chi connectivity index (χ3n) is 4.50. The first-order chi connectivity index (χ1) is 12.6. The van der Waals surface area contributed by atoms with E-state index < -0.39 is 0 Å². The van der Waals surface area contributed by atoms with Gasteiger partial charge in [-0.25, -0.2) is 4.98 Å². The summed E-state index contributed by atoms with van der Waals surface area (Å²) in [5.74, 6) is 1.21. The van der Waals surface area contributed by atoms with E-state index >= 15 is 0 Å².